The van der Waals surface area contributed by atoms with Gasteiger partial charge in [-0.15, -0.1) is 0 Å². The molecule has 7 nitrogen and oxygen atoms in total. The number of anilines is 1. The molecule has 1 amide bonds. The maximum absolute atomic E-state index is 12.9. The van der Waals surface area contributed by atoms with E-state index in [9.17, 15) is 14.0 Å². The van der Waals surface area contributed by atoms with Crippen molar-refractivity contribution in [1.29, 1.82) is 0 Å². The third-order valence-electron chi connectivity index (χ3n) is 3.55. The van der Waals surface area contributed by atoms with Crippen LogP contribution in [-0.2, 0) is 14.3 Å². The number of nitrogens with one attached hydrogen (secondary N) is 1. The summed E-state index contributed by atoms with van der Waals surface area (Å²) in [5, 5.41) is 2.82. The predicted octanol–water partition coefficient (Wildman–Crippen LogP) is 3.45. The van der Waals surface area contributed by atoms with E-state index in [-0.39, 0.29) is 5.02 Å². The minimum absolute atomic E-state index is 0.275. The first-order chi connectivity index (χ1) is 13.3. The van der Waals surface area contributed by atoms with Gasteiger partial charge in [-0.1, -0.05) is 11.6 Å². The van der Waals surface area contributed by atoms with Gasteiger partial charge >= 0.3 is 5.97 Å². The van der Waals surface area contributed by atoms with Crippen LogP contribution in [0, 0.1) is 5.82 Å². The SMILES string of the molecule is COc1cc(OC)c(NC(=O)COC(=O)C(C)Oc2ccc(F)cc2)cc1Cl. The molecule has 2 rings (SSSR count). The van der Waals surface area contributed by atoms with Crippen molar-refractivity contribution in [3.8, 4) is 17.2 Å². The van der Waals surface area contributed by atoms with Crippen LogP contribution in [0.3, 0.4) is 0 Å². The molecule has 9 heteroatoms. The highest BCUT2D eigenvalue weighted by Gasteiger charge is 2.19. The zero-order valence-electron chi connectivity index (χ0n) is 15.5. The molecule has 0 aliphatic heterocycles. The van der Waals surface area contributed by atoms with Gasteiger partial charge in [-0.25, -0.2) is 9.18 Å². The number of hydrogen-bond acceptors (Lipinski definition) is 6. The van der Waals surface area contributed by atoms with Crippen molar-refractivity contribution in [3.05, 3.63) is 47.2 Å². The number of ether oxygens (including phenoxy) is 4. The molecular weight excluding hydrogens is 393 g/mol. The van der Waals surface area contributed by atoms with E-state index in [4.69, 9.17) is 30.5 Å². The molecule has 0 fully saturated rings. The molecule has 1 atom stereocenters. The largest absolute Gasteiger partial charge is 0.495 e. The van der Waals surface area contributed by atoms with Gasteiger partial charge in [0.2, 0.25) is 0 Å². The maximum Gasteiger partial charge on any atom is 0.347 e. The van der Waals surface area contributed by atoms with Crippen LogP contribution in [0.5, 0.6) is 17.2 Å². The van der Waals surface area contributed by atoms with Gasteiger partial charge in [0.15, 0.2) is 12.7 Å². The third-order valence-corrected chi connectivity index (χ3v) is 3.85. The number of hydrogen-bond donors (Lipinski definition) is 1. The first-order valence-corrected chi connectivity index (χ1v) is 8.52. The van der Waals surface area contributed by atoms with E-state index in [1.54, 1.807) is 0 Å². The zero-order valence-corrected chi connectivity index (χ0v) is 16.2. The van der Waals surface area contributed by atoms with Gasteiger partial charge in [0, 0.05) is 6.07 Å². The summed E-state index contributed by atoms with van der Waals surface area (Å²) in [6, 6.07) is 8.14. The Bertz CT molecular complexity index is 843. The Labute approximate surface area is 166 Å². The summed E-state index contributed by atoms with van der Waals surface area (Å²) in [6.07, 6.45) is -0.983. The highest BCUT2D eigenvalue weighted by atomic mass is 35.5. The number of halogens is 2. The average Bonchev–Trinajstić information content (AvgIpc) is 2.68. The van der Waals surface area contributed by atoms with E-state index in [0.29, 0.717) is 22.9 Å². The lowest BCUT2D eigenvalue weighted by molar-refractivity contribution is -0.153. The average molecular weight is 412 g/mol. The summed E-state index contributed by atoms with van der Waals surface area (Å²) in [7, 11) is 2.88. The highest BCUT2D eigenvalue weighted by molar-refractivity contribution is 6.32. The summed E-state index contributed by atoms with van der Waals surface area (Å²) < 4.78 is 33.4. The van der Waals surface area contributed by atoms with Crippen molar-refractivity contribution in [1.82, 2.24) is 0 Å². The highest BCUT2D eigenvalue weighted by Crippen LogP contribution is 2.35. The van der Waals surface area contributed by atoms with Crippen molar-refractivity contribution in [2.24, 2.45) is 0 Å². The lowest BCUT2D eigenvalue weighted by Crippen LogP contribution is -2.29. The summed E-state index contributed by atoms with van der Waals surface area (Å²) in [4.78, 5) is 24.0. The van der Waals surface area contributed by atoms with Crippen molar-refractivity contribution in [2.75, 3.05) is 26.1 Å². The van der Waals surface area contributed by atoms with Gasteiger partial charge in [-0.2, -0.15) is 0 Å². The van der Waals surface area contributed by atoms with Gasteiger partial charge in [0.05, 0.1) is 24.9 Å². The van der Waals surface area contributed by atoms with Gasteiger partial charge in [-0.05, 0) is 37.3 Å². The summed E-state index contributed by atoms with van der Waals surface area (Å²) in [6.45, 7) is 0.915. The topological polar surface area (TPSA) is 83.1 Å². The monoisotopic (exact) mass is 411 g/mol. The van der Waals surface area contributed by atoms with Crippen LogP contribution in [0.15, 0.2) is 36.4 Å². The second-order valence-electron chi connectivity index (χ2n) is 5.56. The van der Waals surface area contributed by atoms with Crippen LogP contribution in [0.4, 0.5) is 10.1 Å². The lowest BCUT2D eigenvalue weighted by atomic mass is 10.2. The van der Waals surface area contributed by atoms with Crippen LogP contribution < -0.4 is 19.5 Å². The molecule has 2 aromatic carbocycles. The van der Waals surface area contributed by atoms with E-state index in [2.05, 4.69) is 5.32 Å². The minimum atomic E-state index is -0.983. The molecule has 150 valence electrons. The zero-order chi connectivity index (χ0) is 20.7. The molecule has 1 unspecified atom stereocenters. The fourth-order valence-corrected chi connectivity index (χ4v) is 2.40. The summed E-state index contributed by atoms with van der Waals surface area (Å²) in [5.41, 5.74) is 0.296. The molecule has 2 aromatic rings. The number of carbonyl (C=O) groups excluding carboxylic acids is 2. The molecule has 0 bridgehead atoms. The number of carbonyl (C=O) groups is 2. The number of rotatable bonds is 8. The lowest BCUT2D eigenvalue weighted by Gasteiger charge is -2.15. The number of amides is 1. The van der Waals surface area contributed by atoms with Gasteiger partial charge in [0.1, 0.15) is 23.1 Å². The summed E-state index contributed by atoms with van der Waals surface area (Å²) in [5.74, 6) is -0.758. The maximum atomic E-state index is 12.9. The Kier molecular flexibility index (Phi) is 7.45. The van der Waals surface area contributed by atoms with Gasteiger partial charge in [0.25, 0.3) is 5.91 Å². The minimum Gasteiger partial charge on any atom is -0.495 e. The fraction of sp³-hybridized carbons (Fsp3) is 0.263. The van der Waals surface area contributed by atoms with Crippen LogP contribution in [0.2, 0.25) is 5.02 Å². The molecule has 28 heavy (non-hydrogen) atoms. The van der Waals surface area contributed by atoms with Crippen molar-refractivity contribution in [2.45, 2.75) is 13.0 Å². The number of methoxy groups -OCH3 is 2. The first-order valence-electron chi connectivity index (χ1n) is 8.14. The molecule has 0 radical (unpaired) electrons. The van der Waals surface area contributed by atoms with Crippen LogP contribution in [-0.4, -0.2) is 38.8 Å². The normalized spacial score (nSPS) is 11.3. The predicted molar refractivity (Wildman–Crippen MR) is 101 cm³/mol. The van der Waals surface area contributed by atoms with Gasteiger partial charge < -0.3 is 24.3 Å². The van der Waals surface area contributed by atoms with Crippen molar-refractivity contribution >= 4 is 29.2 Å². The summed E-state index contributed by atoms with van der Waals surface area (Å²) >= 11 is 6.04. The Morgan fingerprint density at radius 1 is 1.11 bits per heavy atom. The Balaban J connectivity index is 1.90. The standard InChI is InChI=1S/C19H19ClFNO6/c1-11(28-13-6-4-12(21)5-7-13)19(24)27-10-18(23)22-15-8-14(20)16(25-2)9-17(15)26-3/h4-9,11H,10H2,1-3H3,(H,22,23). The smallest absolute Gasteiger partial charge is 0.347 e. The van der Waals surface area contributed by atoms with Crippen LogP contribution in [0.25, 0.3) is 0 Å². The molecule has 0 saturated heterocycles. The molecule has 0 saturated carbocycles. The third kappa shape index (κ3) is 5.75. The molecule has 0 aliphatic rings. The molecule has 0 aliphatic carbocycles. The molecular formula is C19H19ClFNO6. The van der Waals surface area contributed by atoms with Crippen molar-refractivity contribution in [3.63, 3.8) is 0 Å². The van der Waals surface area contributed by atoms with Crippen LogP contribution in [0.1, 0.15) is 6.92 Å². The fourth-order valence-electron chi connectivity index (χ4n) is 2.16. The molecule has 0 aromatic heterocycles. The second-order valence-corrected chi connectivity index (χ2v) is 5.96. The Morgan fingerprint density at radius 3 is 2.36 bits per heavy atom. The van der Waals surface area contributed by atoms with Gasteiger partial charge in [-0.3, -0.25) is 4.79 Å². The molecule has 1 N–H and O–H groups in total. The second kappa shape index (κ2) is 9.80. The Morgan fingerprint density at radius 2 is 1.75 bits per heavy atom. The van der Waals surface area contributed by atoms with E-state index in [1.807, 2.05) is 0 Å². The van der Waals surface area contributed by atoms with E-state index in [1.165, 1.54) is 57.5 Å². The Hall–Kier alpha value is -3.00. The number of benzene rings is 2. The van der Waals surface area contributed by atoms with E-state index in [0.717, 1.165) is 0 Å². The van der Waals surface area contributed by atoms with Crippen molar-refractivity contribution < 1.29 is 32.9 Å². The van der Waals surface area contributed by atoms with E-state index >= 15 is 0 Å². The molecule has 0 heterocycles. The van der Waals surface area contributed by atoms with E-state index < -0.39 is 30.4 Å². The quantitative estimate of drug-likeness (QED) is 0.670. The van der Waals surface area contributed by atoms with Crippen LogP contribution >= 0.6 is 11.6 Å². The molecule has 0 spiro atoms. The first kappa shape index (κ1) is 21.3. The number of esters is 1.